The molecule has 0 bridgehead atoms. The van der Waals surface area contributed by atoms with Gasteiger partial charge in [0.2, 0.25) is 6.29 Å². The van der Waals surface area contributed by atoms with Crippen LogP contribution in [0.5, 0.6) is 11.5 Å². The number of ether oxygens (including phenoxy) is 7. The van der Waals surface area contributed by atoms with Gasteiger partial charge in [-0.05, 0) is 34.4 Å². The van der Waals surface area contributed by atoms with Crippen LogP contribution >= 0.6 is 0 Å². The minimum absolute atomic E-state index is 0.207. The van der Waals surface area contributed by atoms with Crippen molar-refractivity contribution in [1.82, 2.24) is 0 Å². The van der Waals surface area contributed by atoms with Crippen LogP contribution in [-0.2, 0) is 54.9 Å². The van der Waals surface area contributed by atoms with Gasteiger partial charge in [-0.15, -0.1) is 0 Å². The number of hydrogen-bond acceptors (Lipinski definition) is 8. The van der Waals surface area contributed by atoms with Gasteiger partial charge in [0.25, 0.3) is 0 Å². The lowest BCUT2D eigenvalue weighted by Crippen LogP contribution is -2.62. The van der Waals surface area contributed by atoms with Crippen LogP contribution < -0.4 is 9.47 Å². The Balaban J connectivity index is 1.33. The smallest absolute Gasteiger partial charge is 0.308 e. The lowest BCUT2D eigenvalue weighted by atomic mass is 9.97. The number of rotatable bonds is 16. The third kappa shape index (κ3) is 10.3. The van der Waals surface area contributed by atoms with E-state index in [0.717, 1.165) is 22.3 Å². The highest BCUT2D eigenvalue weighted by Gasteiger charge is 2.49. The van der Waals surface area contributed by atoms with E-state index in [0.29, 0.717) is 31.3 Å². The predicted molar refractivity (Wildman–Crippen MR) is 188 cm³/mol. The fraction of sp³-hybridized carbons (Fsp3) is 0.262. The topological polar surface area (TPSA) is 81.7 Å². The first-order valence-electron chi connectivity index (χ1n) is 16.8. The molecule has 8 heteroatoms. The zero-order chi connectivity index (χ0) is 34.4. The van der Waals surface area contributed by atoms with Crippen LogP contribution in [-0.4, -0.2) is 43.3 Å². The Morgan fingerprint density at radius 3 is 1.52 bits per heavy atom. The molecule has 0 unspecified atom stereocenters. The van der Waals surface area contributed by atoms with Crippen molar-refractivity contribution in [2.75, 3.05) is 6.61 Å². The van der Waals surface area contributed by atoms with Gasteiger partial charge < -0.3 is 33.2 Å². The molecule has 0 N–H and O–H groups in total. The molecule has 50 heavy (non-hydrogen) atoms. The highest BCUT2D eigenvalue weighted by atomic mass is 16.7. The SMILES string of the molecule is CC(=O)Oc1cccc(O[C@H]2O[C@H](COCc3ccccc3)[C@@H](OCc3ccccc3)[C@H](OCc3ccccc3)[C@@H]2OCc2ccccc2)c1. The second-order valence-electron chi connectivity index (χ2n) is 12.0. The molecule has 0 saturated carbocycles. The fourth-order valence-electron chi connectivity index (χ4n) is 5.75. The van der Waals surface area contributed by atoms with Gasteiger partial charge in [0.1, 0.15) is 35.9 Å². The van der Waals surface area contributed by atoms with Crippen molar-refractivity contribution in [1.29, 1.82) is 0 Å². The van der Waals surface area contributed by atoms with Gasteiger partial charge in [0, 0.05) is 13.0 Å². The summed E-state index contributed by atoms with van der Waals surface area (Å²) in [5.41, 5.74) is 4.05. The Morgan fingerprint density at radius 2 is 1.00 bits per heavy atom. The molecule has 0 spiro atoms. The van der Waals surface area contributed by atoms with E-state index < -0.39 is 36.7 Å². The summed E-state index contributed by atoms with van der Waals surface area (Å²) in [5.74, 6) is 0.372. The summed E-state index contributed by atoms with van der Waals surface area (Å²) in [7, 11) is 0. The maximum atomic E-state index is 11.7. The van der Waals surface area contributed by atoms with Crippen LogP contribution in [0.15, 0.2) is 146 Å². The minimum atomic E-state index is -0.936. The van der Waals surface area contributed by atoms with Crippen molar-refractivity contribution in [2.24, 2.45) is 0 Å². The quantitative estimate of drug-likeness (QED) is 0.0779. The Labute approximate surface area is 293 Å². The van der Waals surface area contributed by atoms with Crippen molar-refractivity contribution in [2.45, 2.75) is 64.1 Å². The van der Waals surface area contributed by atoms with Crippen molar-refractivity contribution in [3.05, 3.63) is 168 Å². The molecule has 1 fully saturated rings. The second-order valence-corrected chi connectivity index (χ2v) is 12.0. The zero-order valence-electron chi connectivity index (χ0n) is 28.0. The Kier molecular flexibility index (Phi) is 12.8. The van der Waals surface area contributed by atoms with Crippen molar-refractivity contribution < 1.29 is 38.0 Å². The van der Waals surface area contributed by atoms with E-state index >= 15 is 0 Å². The maximum absolute atomic E-state index is 11.7. The van der Waals surface area contributed by atoms with E-state index in [9.17, 15) is 4.79 Å². The van der Waals surface area contributed by atoms with Gasteiger partial charge >= 0.3 is 5.97 Å². The summed E-state index contributed by atoms with van der Waals surface area (Å²) in [6.45, 7) is 2.89. The normalized spacial score (nSPS) is 20.2. The number of benzene rings is 5. The van der Waals surface area contributed by atoms with Crippen LogP contribution in [0.25, 0.3) is 0 Å². The molecule has 0 aliphatic carbocycles. The first-order valence-corrected chi connectivity index (χ1v) is 16.8. The first-order chi connectivity index (χ1) is 24.6. The number of hydrogen-bond donors (Lipinski definition) is 0. The lowest BCUT2D eigenvalue weighted by Gasteiger charge is -2.45. The number of esters is 1. The highest BCUT2D eigenvalue weighted by Crippen LogP contribution is 2.33. The van der Waals surface area contributed by atoms with E-state index in [1.54, 1.807) is 24.3 Å². The summed E-state index contributed by atoms with van der Waals surface area (Å²) in [4.78, 5) is 11.7. The van der Waals surface area contributed by atoms with E-state index in [1.807, 2.05) is 121 Å². The fourth-order valence-corrected chi connectivity index (χ4v) is 5.75. The average Bonchev–Trinajstić information content (AvgIpc) is 3.14. The van der Waals surface area contributed by atoms with Crippen molar-refractivity contribution in [3.8, 4) is 11.5 Å². The van der Waals surface area contributed by atoms with Crippen LogP contribution in [0.3, 0.4) is 0 Å². The van der Waals surface area contributed by atoms with Crippen LogP contribution in [0.4, 0.5) is 0 Å². The monoisotopic (exact) mass is 674 g/mol. The van der Waals surface area contributed by atoms with E-state index in [-0.39, 0.29) is 13.2 Å². The molecule has 1 heterocycles. The predicted octanol–water partition coefficient (Wildman–Crippen LogP) is 7.69. The molecule has 0 amide bonds. The largest absolute Gasteiger partial charge is 0.462 e. The van der Waals surface area contributed by atoms with Gasteiger partial charge in [-0.1, -0.05) is 127 Å². The highest BCUT2D eigenvalue weighted by molar-refractivity contribution is 5.69. The molecule has 1 aliphatic heterocycles. The molecule has 5 aromatic rings. The molecule has 5 aromatic carbocycles. The Bertz CT molecular complexity index is 1720. The molecule has 258 valence electrons. The molecule has 0 aromatic heterocycles. The maximum Gasteiger partial charge on any atom is 0.308 e. The molecule has 5 atom stereocenters. The third-order valence-corrected chi connectivity index (χ3v) is 8.16. The number of carbonyl (C=O) groups is 1. The lowest BCUT2D eigenvalue weighted by molar-refractivity contribution is -0.310. The van der Waals surface area contributed by atoms with E-state index in [4.69, 9.17) is 33.2 Å². The summed E-state index contributed by atoms with van der Waals surface area (Å²) >= 11 is 0. The average molecular weight is 675 g/mol. The standard InChI is InChI=1S/C42H42O8/c1-31(43)48-36-23-14-24-37(25-36)49-42-41(47-29-35-21-12-5-13-22-35)40(46-28-34-19-10-4-11-20-34)39(45-27-33-17-8-3-9-18-33)38(50-42)30-44-26-32-15-6-2-7-16-32/h2-25,38-42H,26-30H2,1H3/t38-,39-,40+,41+,42+/m1/s1. The second kappa shape index (κ2) is 18.2. The van der Waals surface area contributed by atoms with Crippen molar-refractivity contribution >= 4 is 5.97 Å². The molecular weight excluding hydrogens is 632 g/mol. The summed E-state index contributed by atoms with van der Waals surface area (Å²) < 4.78 is 45.0. The van der Waals surface area contributed by atoms with Crippen molar-refractivity contribution in [3.63, 3.8) is 0 Å². The van der Waals surface area contributed by atoms with Crippen LogP contribution in [0.2, 0.25) is 0 Å². The Morgan fingerprint density at radius 1 is 0.540 bits per heavy atom. The van der Waals surface area contributed by atoms with Crippen LogP contribution in [0.1, 0.15) is 29.2 Å². The molecule has 6 rings (SSSR count). The number of carbonyl (C=O) groups excluding carboxylic acids is 1. The third-order valence-electron chi connectivity index (χ3n) is 8.16. The molecular formula is C42H42O8. The summed E-state index contributed by atoms with van der Waals surface area (Å²) in [6, 6.07) is 46.8. The van der Waals surface area contributed by atoms with Gasteiger partial charge in [0.15, 0.2) is 0 Å². The van der Waals surface area contributed by atoms with Gasteiger partial charge in [-0.2, -0.15) is 0 Å². The van der Waals surface area contributed by atoms with Gasteiger partial charge in [-0.3, -0.25) is 4.79 Å². The molecule has 1 aliphatic rings. The summed E-state index contributed by atoms with van der Waals surface area (Å²) in [6.07, 6.45) is -3.50. The van der Waals surface area contributed by atoms with E-state index in [2.05, 4.69) is 0 Å². The van der Waals surface area contributed by atoms with Crippen LogP contribution in [0, 0.1) is 0 Å². The minimum Gasteiger partial charge on any atom is -0.462 e. The molecule has 8 nitrogen and oxygen atoms in total. The Hall–Kier alpha value is -4.83. The molecule has 0 radical (unpaired) electrons. The van der Waals surface area contributed by atoms with Gasteiger partial charge in [-0.25, -0.2) is 0 Å². The zero-order valence-corrected chi connectivity index (χ0v) is 28.0. The first kappa shape index (κ1) is 35.0. The molecule has 1 saturated heterocycles. The van der Waals surface area contributed by atoms with Gasteiger partial charge in [0.05, 0.1) is 33.0 Å². The van der Waals surface area contributed by atoms with E-state index in [1.165, 1.54) is 6.92 Å². The summed E-state index contributed by atoms with van der Waals surface area (Å²) in [5, 5.41) is 0.